The molecule has 0 radical (unpaired) electrons. The molecule has 1 aromatic carbocycles. The number of likely N-dealkylation sites (tertiary alicyclic amines) is 1. The molecule has 1 spiro atoms. The normalized spacial score (nSPS) is 33.4. The number of anilines is 1. The Morgan fingerprint density at radius 3 is 2.29 bits per heavy atom. The zero-order valence-corrected chi connectivity index (χ0v) is 24.0. The van der Waals surface area contributed by atoms with Crippen molar-refractivity contribution in [3.8, 4) is 0 Å². The lowest BCUT2D eigenvalue weighted by atomic mass is 9.74. The fourth-order valence-corrected chi connectivity index (χ4v) is 9.37. The molecule has 0 saturated carbocycles. The third-order valence-corrected chi connectivity index (χ3v) is 10.6. The number of carbonyl (C=O) groups is 3. The van der Waals surface area contributed by atoms with Crippen LogP contribution in [0, 0.1) is 31.6 Å². The van der Waals surface area contributed by atoms with Crippen molar-refractivity contribution in [1.29, 1.82) is 0 Å². The van der Waals surface area contributed by atoms with Gasteiger partial charge in [0.15, 0.2) is 0 Å². The Morgan fingerprint density at radius 1 is 1.00 bits per heavy atom. The quantitative estimate of drug-likeness (QED) is 0.583. The molecular weight excluding hydrogens is 498 g/mol. The Kier molecular flexibility index (Phi) is 6.79. The van der Waals surface area contributed by atoms with Crippen molar-refractivity contribution in [2.45, 2.75) is 62.6 Å². The maximum Gasteiger partial charge on any atom is 0.251 e. The van der Waals surface area contributed by atoms with Crippen molar-refractivity contribution < 1.29 is 19.5 Å². The molecule has 38 heavy (non-hydrogen) atoms. The number of nitrogens with zero attached hydrogens (tertiary/aromatic N) is 3. The van der Waals surface area contributed by atoms with Crippen LogP contribution in [0.1, 0.15) is 38.3 Å². The number of aliphatic hydroxyl groups excluding tert-OH is 1. The van der Waals surface area contributed by atoms with Crippen LogP contribution in [-0.2, 0) is 14.4 Å². The lowest BCUT2D eigenvalue weighted by Crippen LogP contribution is -2.57. The summed E-state index contributed by atoms with van der Waals surface area (Å²) in [6, 6.07) is 4.65. The summed E-state index contributed by atoms with van der Waals surface area (Å²) in [7, 11) is 1.77. The lowest BCUT2D eigenvalue weighted by Gasteiger charge is -2.40. The van der Waals surface area contributed by atoms with Gasteiger partial charge in [-0.1, -0.05) is 56.4 Å². The molecule has 1 aromatic rings. The summed E-state index contributed by atoms with van der Waals surface area (Å²) in [5.74, 6) is -1.49. The van der Waals surface area contributed by atoms with Crippen LogP contribution in [-0.4, -0.2) is 80.9 Å². The van der Waals surface area contributed by atoms with E-state index in [2.05, 4.69) is 19.9 Å². The second kappa shape index (κ2) is 9.56. The molecule has 1 unspecified atom stereocenters. The van der Waals surface area contributed by atoms with Crippen LogP contribution in [0.25, 0.3) is 0 Å². The van der Waals surface area contributed by atoms with Gasteiger partial charge in [0.1, 0.15) is 6.04 Å². The predicted molar refractivity (Wildman–Crippen MR) is 151 cm³/mol. The summed E-state index contributed by atoms with van der Waals surface area (Å²) < 4.78 is -1.54. The van der Waals surface area contributed by atoms with E-state index in [4.69, 9.17) is 0 Å². The van der Waals surface area contributed by atoms with E-state index in [1.807, 2.05) is 57.2 Å². The summed E-state index contributed by atoms with van der Waals surface area (Å²) >= 11 is 1.58. The number of hydrogen-bond acceptors (Lipinski definition) is 5. The van der Waals surface area contributed by atoms with E-state index in [1.165, 1.54) is 0 Å². The van der Waals surface area contributed by atoms with Gasteiger partial charge in [-0.05, 0) is 44.2 Å². The van der Waals surface area contributed by atoms with Crippen LogP contribution in [0.3, 0.4) is 0 Å². The number of hydrogen-bond donors (Lipinski definition) is 1. The standard InChI is InChI=1S/C30H39N3O4S/c1-18(2)16-21(17-34)33-25-28(37)32(24-19(3)10-7-11-20(24)4)15-9-13-30(25)23(27(33)36)22-26(35)31(6)14-8-12-29(22,5)38-30/h7-13,18,21-23,25,34H,14-17H2,1-6H3/t21-,22-,23+,25?,29+,30+/m1/s1. The maximum absolute atomic E-state index is 14.7. The summed E-state index contributed by atoms with van der Waals surface area (Å²) in [5, 5.41) is 10.5. The monoisotopic (exact) mass is 537 g/mol. The van der Waals surface area contributed by atoms with E-state index in [9.17, 15) is 19.5 Å². The number of fused-ring (bicyclic) bond motifs is 2. The first-order valence-corrected chi connectivity index (χ1v) is 14.4. The van der Waals surface area contributed by atoms with E-state index in [0.29, 0.717) is 19.5 Å². The van der Waals surface area contributed by atoms with Crippen molar-refractivity contribution >= 4 is 35.2 Å². The molecule has 0 aromatic heterocycles. The summed E-state index contributed by atoms with van der Waals surface area (Å²) in [4.78, 5) is 48.2. The highest BCUT2D eigenvalue weighted by Gasteiger charge is 2.74. The second-order valence-corrected chi connectivity index (χ2v) is 13.7. The Morgan fingerprint density at radius 2 is 1.66 bits per heavy atom. The minimum atomic E-state index is -0.915. The van der Waals surface area contributed by atoms with Gasteiger partial charge in [-0.15, -0.1) is 11.8 Å². The van der Waals surface area contributed by atoms with Crippen LogP contribution in [0.4, 0.5) is 5.69 Å². The van der Waals surface area contributed by atoms with E-state index in [0.717, 1.165) is 16.8 Å². The number of thioether (sulfide) groups is 1. The molecule has 2 fully saturated rings. The minimum Gasteiger partial charge on any atom is -0.394 e. The summed E-state index contributed by atoms with van der Waals surface area (Å²) in [6.07, 6.45) is 8.68. The number of benzene rings is 1. The molecule has 6 atom stereocenters. The number of aliphatic hydroxyl groups is 1. The molecule has 4 aliphatic rings. The Hall–Kier alpha value is -2.58. The first-order valence-electron chi connectivity index (χ1n) is 13.6. The molecule has 4 aliphatic heterocycles. The van der Waals surface area contributed by atoms with Crippen molar-refractivity contribution in [1.82, 2.24) is 9.80 Å². The second-order valence-electron chi connectivity index (χ2n) is 11.9. The van der Waals surface area contributed by atoms with Crippen molar-refractivity contribution in [2.24, 2.45) is 17.8 Å². The van der Waals surface area contributed by atoms with Crippen molar-refractivity contribution in [3.05, 3.63) is 53.6 Å². The molecule has 4 heterocycles. The van der Waals surface area contributed by atoms with Gasteiger partial charge in [0.05, 0.1) is 29.2 Å². The van der Waals surface area contributed by atoms with Crippen LogP contribution in [0.2, 0.25) is 0 Å². The van der Waals surface area contributed by atoms with Gasteiger partial charge in [-0.3, -0.25) is 14.4 Å². The van der Waals surface area contributed by atoms with E-state index in [-0.39, 0.29) is 30.2 Å². The molecule has 7 nitrogen and oxygen atoms in total. The average molecular weight is 538 g/mol. The van der Waals surface area contributed by atoms with Gasteiger partial charge in [0.2, 0.25) is 11.8 Å². The number of rotatable bonds is 5. The first-order chi connectivity index (χ1) is 18.0. The van der Waals surface area contributed by atoms with Gasteiger partial charge in [0, 0.05) is 30.6 Å². The first kappa shape index (κ1) is 27.0. The van der Waals surface area contributed by atoms with Gasteiger partial charge in [-0.25, -0.2) is 0 Å². The third kappa shape index (κ3) is 3.86. The van der Waals surface area contributed by atoms with Crippen molar-refractivity contribution in [2.75, 3.05) is 31.6 Å². The van der Waals surface area contributed by atoms with E-state index < -0.39 is 33.4 Å². The van der Waals surface area contributed by atoms with Crippen LogP contribution in [0.15, 0.2) is 42.5 Å². The number of aryl methyl sites for hydroxylation is 2. The smallest absolute Gasteiger partial charge is 0.251 e. The van der Waals surface area contributed by atoms with Gasteiger partial charge in [0.25, 0.3) is 5.91 Å². The minimum absolute atomic E-state index is 0.0677. The molecule has 3 amide bonds. The molecular formula is C30H39N3O4S. The zero-order chi connectivity index (χ0) is 27.6. The Bertz CT molecular complexity index is 1210. The Labute approximate surface area is 229 Å². The number of para-hydroxylation sites is 1. The largest absolute Gasteiger partial charge is 0.394 e. The molecule has 0 aliphatic carbocycles. The van der Waals surface area contributed by atoms with Gasteiger partial charge in [-0.2, -0.15) is 0 Å². The molecule has 8 heteroatoms. The van der Waals surface area contributed by atoms with Crippen LogP contribution in [0.5, 0.6) is 0 Å². The van der Waals surface area contributed by atoms with E-state index in [1.54, 1.807) is 33.5 Å². The number of likely N-dealkylation sites (N-methyl/N-ethyl adjacent to an activating group) is 1. The summed E-state index contributed by atoms with van der Waals surface area (Å²) in [5.41, 5.74) is 2.84. The van der Waals surface area contributed by atoms with Gasteiger partial charge >= 0.3 is 0 Å². The predicted octanol–water partition coefficient (Wildman–Crippen LogP) is 3.33. The van der Waals surface area contributed by atoms with Crippen LogP contribution >= 0.6 is 11.8 Å². The van der Waals surface area contributed by atoms with Gasteiger partial charge < -0.3 is 19.8 Å². The molecule has 2 saturated heterocycles. The van der Waals surface area contributed by atoms with Crippen molar-refractivity contribution in [3.63, 3.8) is 0 Å². The fraction of sp³-hybridized carbons (Fsp3) is 0.567. The number of carbonyl (C=O) groups excluding carboxylic acids is 3. The fourth-order valence-electron chi connectivity index (χ4n) is 7.23. The maximum atomic E-state index is 14.7. The zero-order valence-electron chi connectivity index (χ0n) is 23.2. The summed E-state index contributed by atoms with van der Waals surface area (Å²) in [6.45, 7) is 10.8. The average Bonchev–Trinajstić information content (AvgIpc) is 3.13. The molecule has 5 rings (SSSR count). The topological polar surface area (TPSA) is 81.2 Å². The Balaban J connectivity index is 1.71. The SMILES string of the molecule is Cc1cccc(C)c1N1CC=C[C@]23S[C@@]4(C)C=CCN(C)C(=O)[C@H]4[C@H]2C(=O)N([C@@H](CO)CC(C)C)C3C1=O. The highest BCUT2D eigenvalue weighted by Crippen LogP contribution is 2.66. The van der Waals surface area contributed by atoms with E-state index >= 15 is 0 Å². The number of amides is 3. The molecule has 204 valence electrons. The highest BCUT2D eigenvalue weighted by atomic mass is 32.2. The highest BCUT2D eigenvalue weighted by molar-refractivity contribution is 8.02. The third-order valence-electron chi connectivity index (χ3n) is 8.75. The lowest BCUT2D eigenvalue weighted by molar-refractivity contribution is -0.145. The molecule has 0 bridgehead atoms. The molecule has 1 N–H and O–H groups in total. The van der Waals surface area contributed by atoms with Crippen LogP contribution < -0.4 is 4.90 Å².